The summed E-state index contributed by atoms with van der Waals surface area (Å²) in [4.78, 5) is 2.59. The lowest BCUT2D eigenvalue weighted by atomic mass is 10.2. The van der Waals surface area contributed by atoms with Gasteiger partial charge in [0, 0.05) is 18.6 Å². The topological polar surface area (TPSA) is 29.3 Å². The van der Waals surface area contributed by atoms with E-state index in [0.717, 1.165) is 12.0 Å². The van der Waals surface area contributed by atoms with Crippen molar-refractivity contribution in [3.8, 4) is 0 Å². The second-order valence-electron chi connectivity index (χ2n) is 4.15. The Kier molecular flexibility index (Phi) is 5.61. The molecule has 80 valence electrons. The number of likely N-dealkylation sites (tertiary alicyclic amines) is 1. The molecule has 0 radical (unpaired) electrons. The Morgan fingerprint density at radius 2 is 2.00 bits per heavy atom. The Labute approximate surface area is 93.1 Å². The molecule has 1 aliphatic heterocycles. The number of hydrogen-bond donors (Lipinski definition) is 1. The van der Waals surface area contributed by atoms with Gasteiger partial charge in [-0.05, 0) is 38.6 Å². The predicted octanol–water partition coefficient (Wildman–Crippen LogP) is 1.66. The molecule has 0 aromatic heterocycles. The van der Waals surface area contributed by atoms with Gasteiger partial charge in [0.1, 0.15) is 0 Å². The first-order valence-corrected chi connectivity index (χ1v) is 4.77. The summed E-state index contributed by atoms with van der Waals surface area (Å²) in [5.74, 6) is 0.829. The molecule has 2 aliphatic rings. The van der Waals surface area contributed by atoms with Crippen LogP contribution in [0.2, 0.25) is 0 Å². The lowest BCUT2D eigenvalue weighted by Gasteiger charge is -2.20. The summed E-state index contributed by atoms with van der Waals surface area (Å²) < 4.78 is 0. The van der Waals surface area contributed by atoms with Crippen molar-refractivity contribution in [3.63, 3.8) is 0 Å². The van der Waals surface area contributed by atoms with Crippen LogP contribution in [0.25, 0.3) is 0 Å². The minimum atomic E-state index is 0. The van der Waals surface area contributed by atoms with Crippen LogP contribution in [-0.2, 0) is 0 Å². The van der Waals surface area contributed by atoms with Gasteiger partial charge in [0.2, 0.25) is 0 Å². The average molecular weight is 227 g/mol. The molecule has 2 nitrogen and oxygen atoms in total. The lowest BCUT2D eigenvalue weighted by molar-refractivity contribution is 0.256. The fourth-order valence-electron chi connectivity index (χ4n) is 2.05. The molecule has 13 heavy (non-hydrogen) atoms. The fourth-order valence-corrected chi connectivity index (χ4v) is 2.05. The highest BCUT2D eigenvalue weighted by Crippen LogP contribution is 2.31. The first-order chi connectivity index (χ1) is 5.27. The number of nitrogens with two attached hydrogens (primary N) is 1. The molecule has 3 atom stereocenters. The molecule has 0 aromatic carbocycles. The first kappa shape index (κ1) is 13.5. The highest BCUT2D eigenvalue weighted by molar-refractivity contribution is 5.85. The second kappa shape index (κ2) is 5.40. The molecule has 0 spiro atoms. The third-order valence-corrected chi connectivity index (χ3v) is 3.14. The van der Waals surface area contributed by atoms with Crippen LogP contribution >= 0.6 is 24.8 Å². The van der Waals surface area contributed by atoms with Gasteiger partial charge in [0.25, 0.3) is 0 Å². The van der Waals surface area contributed by atoms with E-state index in [1.165, 1.54) is 32.4 Å². The van der Waals surface area contributed by atoms with Gasteiger partial charge >= 0.3 is 0 Å². The van der Waals surface area contributed by atoms with E-state index in [9.17, 15) is 0 Å². The summed E-state index contributed by atoms with van der Waals surface area (Å²) in [7, 11) is 0. The molecule has 0 bridgehead atoms. The van der Waals surface area contributed by atoms with Gasteiger partial charge in [-0.2, -0.15) is 0 Å². The van der Waals surface area contributed by atoms with Crippen molar-refractivity contribution in [2.24, 2.45) is 11.7 Å². The number of nitrogens with zero attached hydrogens (tertiary/aromatic N) is 1. The number of halogens is 2. The summed E-state index contributed by atoms with van der Waals surface area (Å²) in [6, 6.07) is 1.35. The fraction of sp³-hybridized carbons (Fsp3) is 1.00. The molecule has 2 rings (SSSR count). The molecule has 1 aliphatic carbocycles. The van der Waals surface area contributed by atoms with E-state index < -0.39 is 0 Å². The Morgan fingerprint density at radius 3 is 2.38 bits per heavy atom. The van der Waals surface area contributed by atoms with Crippen molar-refractivity contribution < 1.29 is 0 Å². The smallest absolute Gasteiger partial charge is 0.00836 e. The summed E-state index contributed by atoms with van der Waals surface area (Å²) in [6.07, 6.45) is 4.05. The largest absolute Gasteiger partial charge is 0.327 e. The molecular weight excluding hydrogens is 207 g/mol. The molecule has 1 saturated heterocycles. The Balaban J connectivity index is 0.000000720. The van der Waals surface area contributed by atoms with E-state index in [1.807, 2.05) is 0 Å². The zero-order chi connectivity index (χ0) is 7.84. The zero-order valence-electron chi connectivity index (χ0n) is 8.11. The summed E-state index contributed by atoms with van der Waals surface area (Å²) in [5, 5.41) is 0. The van der Waals surface area contributed by atoms with Crippen LogP contribution in [0.3, 0.4) is 0 Å². The summed E-state index contributed by atoms with van der Waals surface area (Å²) >= 11 is 0. The van der Waals surface area contributed by atoms with Crippen LogP contribution < -0.4 is 5.73 Å². The average Bonchev–Trinajstić information content (AvgIpc) is 2.48. The van der Waals surface area contributed by atoms with Crippen LogP contribution in [0.4, 0.5) is 0 Å². The van der Waals surface area contributed by atoms with Crippen molar-refractivity contribution >= 4 is 24.8 Å². The van der Waals surface area contributed by atoms with Crippen molar-refractivity contribution in [3.05, 3.63) is 0 Å². The molecule has 1 saturated carbocycles. The molecular formula is C9H20Cl2N2. The van der Waals surface area contributed by atoms with Gasteiger partial charge in [-0.1, -0.05) is 0 Å². The lowest BCUT2D eigenvalue weighted by Crippen LogP contribution is -2.30. The van der Waals surface area contributed by atoms with Crippen LogP contribution in [0.15, 0.2) is 0 Å². The first-order valence-electron chi connectivity index (χ1n) is 4.77. The Bertz CT molecular complexity index is 155. The molecule has 2 N–H and O–H groups in total. The maximum atomic E-state index is 5.76. The third-order valence-electron chi connectivity index (χ3n) is 3.14. The van der Waals surface area contributed by atoms with Gasteiger partial charge < -0.3 is 10.6 Å². The number of rotatable bonds is 2. The predicted molar refractivity (Wildman–Crippen MR) is 60.8 cm³/mol. The maximum Gasteiger partial charge on any atom is 0.00836 e. The molecule has 2 unspecified atom stereocenters. The molecule has 0 amide bonds. The maximum absolute atomic E-state index is 5.76. The van der Waals surface area contributed by atoms with E-state index in [0.29, 0.717) is 6.04 Å². The second-order valence-corrected chi connectivity index (χ2v) is 4.15. The monoisotopic (exact) mass is 226 g/mol. The Hall–Kier alpha value is 0.500. The van der Waals surface area contributed by atoms with E-state index in [4.69, 9.17) is 5.73 Å². The highest BCUT2D eigenvalue weighted by Gasteiger charge is 2.36. The van der Waals surface area contributed by atoms with Gasteiger partial charge in [-0.25, -0.2) is 0 Å². The minimum absolute atomic E-state index is 0. The van der Waals surface area contributed by atoms with Gasteiger partial charge in [0.05, 0.1) is 0 Å². The van der Waals surface area contributed by atoms with Crippen molar-refractivity contribution in [1.82, 2.24) is 4.90 Å². The highest BCUT2D eigenvalue weighted by atomic mass is 35.5. The van der Waals surface area contributed by atoms with Crippen LogP contribution in [0.5, 0.6) is 0 Å². The van der Waals surface area contributed by atoms with Gasteiger partial charge in [-0.15, -0.1) is 24.8 Å². The summed E-state index contributed by atoms with van der Waals surface area (Å²) in [6.45, 7) is 4.91. The minimum Gasteiger partial charge on any atom is -0.327 e. The standard InChI is InChI=1S/C9H18N2.2ClH/c1-7-3-2-4-11(7)6-8-5-9(8)10;;/h7-9H,2-6,10H2,1H3;2*1H/t7-,8?,9?;;/m0../s1. The van der Waals surface area contributed by atoms with Crippen molar-refractivity contribution in [2.75, 3.05) is 13.1 Å². The van der Waals surface area contributed by atoms with Crippen LogP contribution in [-0.4, -0.2) is 30.1 Å². The quantitative estimate of drug-likeness (QED) is 0.777. The Morgan fingerprint density at radius 1 is 1.38 bits per heavy atom. The normalized spacial score (nSPS) is 37.8. The molecule has 0 aromatic rings. The zero-order valence-corrected chi connectivity index (χ0v) is 9.74. The van der Waals surface area contributed by atoms with Crippen molar-refractivity contribution in [1.29, 1.82) is 0 Å². The molecule has 4 heteroatoms. The van der Waals surface area contributed by atoms with E-state index in [1.54, 1.807) is 0 Å². The van der Waals surface area contributed by atoms with Crippen LogP contribution in [0.1, 0.15) is 26.2 Å². The van der Waals surface area contributed by atoms with Crippen molar-refractivity contribution in [2.45, 2.75) is 38.3 Å². The van der Waals surface area contributed by atoms with Gasteiger partial charge in [0.15, 0.2) is 0 Å². The number of hydrogen-bond acceptors (Lipinski definition) is 2. The molecule has 2 fully saturated rings. The summed E-state index contributed by atoms with van der Waals surface area (Å²) in [5.41, 5.74) is 5.76. The van der Waals surface area contributed by atoms with E-state index in [-0.39, 0.29) is 24.8 Å². The third kappa shape index (κ3) is 3.28. The van der Waals surface area contributed by atoms with E-state index in [2.05, 4.69) is 11.8 Å². The van der Waals surface area contributed by atoms with Crippen LogP contribution in [0, 0.1) is 5.92 Å². The van der Waals surface area contributed by atoms with E-state index >= 15 is 0 Å². The molecule has 1 heterocycles. The van der Waals surface area contributed by atoms with Gasteiger partial charge in [-0.3, -0.25) is 0 Å². The SMILES string of the molecule is C[C@H]1CCCN1CC1CC1N.Cl.Cl.